The van der Waals surface area contributed by atoms with Gasteiger partial charge in [-0.2, -0.15) is 5.10 Å². The summed E-state index contributed by atoms with van der Waals surface area (Å²) in [6.07, 6.45) is 4.65. The molecule has 0 atom stereocenters. The maximum absolute atomic E-state index is 5.66. The van der Waals surface area contributed by atoms with E-state index in [1.54, 1.807) is 24.7 Å². The number of nitrogen functional groups attached to an aromatic ring is 1. The van der Waals surface area contributed by atoms with Gasteiger partial charge in [-0.3, -0.25) is 0 Å². The average molecular weight is 161 g/mol. The van der Waals surface area contributed by atoms with Crippen LogP contribution < -0.4 is 5.73 Å². The molecule has 0 radical (unpaired) electrons. The molecule has 0 saturated heterocycles. The molecule has 60 valence electrons. The van der Waals surface area contributed by atoms with E-state index in [0.717, 1.165) is 0 Å². The molecule has 0 fully saturated rings. The molecular formula is C7H7N5. The van der Waals surface area contributed by atoms with Gasteiger partial charge in [-0.15, -0.1) is 0 Å². The molecule has 0 aliphatic heterocycles. The van der Waals surface area contributed by atoms with Gasteiger partial charge in [-0.1, -0.05) is 0 Å². The van der Waals surface area contributed by atoms with Crippen molar-refractivity contribution in [1.82, 2.24) is 19.7 Å². The first-order valence-electron chi connectivity index (χ1n) is 3.43. The SMILES string of the molecule is Nc1cccnc1-n1cncn1. The van der Waals surface area contributed by atoms with Crippen LogP contribution in [-0.2, 0) is 0 Å². The Morgan fingerprint density at radius 3 is 3.00 bits per heavy atom. The van der Waals surface area contributed by atoms with Gasteiger partial charge in [0.05, 0.1) is 5.69 Å². The molecule has 0 aromatic carbocycles. The number of hydrogen-bond donors (Lipinski definition) is 1. The van der Waals surface area contributed by atoms with Crippen LogP contribution in [0.4, 0.5) is 5.69 Å². The first-order valence-corrected chi connectivity index (χ1v) is 3.43. The molecule has 0 amide bonds. The van der Waals surface area contributed by atoms with Crippen molar-refractivity contribution in [2.45, 2.75) is 0 Å². The lowest BCUT2D eigenvalue weighted by molar-refractivity contribution is 0.848. The summed E-state index contributed by atoms with van der Waals surface area (Å²) in [6, 6.07) is 3.54. The van der Waals surface area contributed by atoms with E-state index in [1.807, 2.05) is 0 Å². The number of anilines is 1. The Bertz CT molecular complexity index is 367. The van der Waals surface area contributed by atoms with Crippen LogP contribution in [0.25, 0.3) is 5.82 Å². The summed E-state index contributed by atoms with van der Waals surface area (Å²) in [6.45, 7) is 0. The third-order valence-electron chi connectivity index (χ3n) is 1.45. The molecule has 2 N–H and O–H groups in total. The highest BCUT2D eigenvalue weighted by atomic mass is 15.3. The lowest BCUT2D eigenvalue weighted by atomic mass is 10.4. The number of rotatable bonds is 1. The lowest BCUT2D eigenvalue weighted by Crippen LogP contribution is -2.02. The van der Waals surface area contributed by atoms with E-state index < -0.39 is 0 Å². The van der Waals surface area contributed by atoms with Crippen molar-refractivity contribution in [3.63, 3.8) is 0 Å². The van der Waals surface area contributed by atoms with Crippen LogP contribution in [0, 0.1) is 0 Å². The Labute approximate surface area is 68.9 Å². The lowest BCUT2D eigenvalue weighted by Gasteiger charge is -2.00. The minimum Gasteiger partial charge on any atom is -0.396 e. The third kappa shape index (κ3) is 1.01. The fraction of sp³-hybridized carbons (Fsp3) is 0. The normalized spacial score (nSPS) is 10.0. The molecule has 0 aliphatic carbocycles. The quantitative estimate of drug-likeness (QED) is 0.650. The van der Waals surface area contributed by atoms with Crippen molar-refractivity contribution in [3.8, 4) is 5.82 Å². The van der Waals surface area contributed by atoms with Gasteiger partial charge in [-0.25, -0.2) is 14.6 Å². The van der Waals surface area contributed by atoms with Crippen LogP contribution in [0.5, 0.6) is 0 Å². The molecule has 12 heavy (non-hydrogen) atoms. The standard InChI is InChI=1S/C7H7N5/c8-6-2-1-3-10-7(6)12-5-9-4-11-12/h1-5H,8H2. The molecule has 2 rings (SSSR count). The average Bonchev–Trinajstić information content (AvgIpc) is 2.57. The van der Waals surface area contributed by atoms with E-state index in [1.165, 1.54) is 11.0 Å². The molecule has 5 nitrogen and oxygen atoms in total. The van der Waals surface area contributed by atoms with Crippen molar-refractivity contribution in [1.29, 1.82) is 0 Å². The molecule has 2 aromatic rings. The van der Waals surface area contributed by atoms with Gasteiger partial charge < -0.3 is 5.73 Å². The zero-order valence-corrected chi connectivity index (χ0v) is 6.25. The van der Waals surface area contributed by atoms with Gasteiger partial charge in [0.1, 0.15) is 12.7 Å². The van der Waals surface area contributed by atoms with Crippen molar-refractivity contribution < 1.29 is 0 Å². The Balaban J connectivity index is 2.55. The Morgan fingerprint density at radius 1 is 1.42 bits per heavy atom. The fourth-order valence-corrected chi connectivity index (χ4v) is 0.918. The summed E-state index contributed by atoms with van der Waals surface area (Å²) in [5.41, 5.74) is 6.25. The van der Waals surface area contributed by atoms with Crippen LogP contribution in [0.15, 0.2) is 31.0 Å². The first-order chi connectivity index (χ1) is 5.88. The summed E-state index contributed by atoms with van der Waals surface area (Å²) < 4.78 is 1.52. The Kier molecular flexibility index (Phi) is 1.48. The van der Waals surface area contributed by atoms with Crippen molar-refractivity contribution in [2.75, 3.05) is 5.73 Å². The smallest absolute Gasteiger partial charge is 0.178 e. The molecule has 5 heteroatoms. The van der Waals surface area contributed by atoms with Crippen molar-refractivity contribution in [3.05, 3.63) is 31.0 Å². The predicted octanol–water partition coefficient (Wildman–Crippen LogP) is 0.244. The summed E-state index contributed by atoms with van der Waals surface area (Å²) in [4.78, 5) is 7.85. The minimum atomic E-state index is 0.586. The summed E-state index contributed by atoms with van der Waals surface area (Å²) >= 11 is 0. The number of pyridine rings is 1. The fourth-order valence-electron chi connectivity index (χ4n) is 0.918. The van der Waals surface area contributed by atoms with Gasteiger partial charge in [0.2, 0.25) is 0 Å². The molecule has 0 aliphatic rings. The van der Waals surface area contributed by atoms with E-state index >= 15 is 0 Å². The van der Waals surface area contributed by atoms with Gasteiger partial charge in [0.25, 0.3) is 0 Å². The minimum absolute atomic E-state index is 0.586. The van der Waals surface area contributed by atoms with Crippen LogP contribution in [0.1, 0.15) is 0 Å². The second-order valence-corrected chi connectivity index (χ2v) is 2.26. The van der Waals surface area contributed by atoms with E-state index in [4.69, 9.17) is 5.73 Å². The Morgan fingerprint density at radius 2 is 2.33 bits per heavy atom. The summed E-state index contributed by atoms with van der Waals surface area (Å²) in [5.74, 6) is 0.606. The highest BCUT2D eigenvalue weighted by Crippen LogP contribution is 2.09. The number of nitrogens with two attached hydrogens (primary N) is 1. The maximum atomic E-state index is 5.66. The topological polar surface area (TPSA) is 69.6 Å². The van der Waals surface area contributed by atoms with E-state index in [-0.39, 0.29) is 0 Å². The zero-order valence-electron chi connectivity index (χ0n) is 6.25. The van der Waals surface area contributed by atoms with Gasteiger partial charge in [-0.05, 0) is 12.1 Å². The second kappa shape index (κ2) is 2.61. The Hall–Kier alpha value is -1.91. The zero-order chi connectivity index (χ0) is 8.39. The maximum Gasteiger partial charge on any atom is 0.178 e. The molecule has 0 spiro atoms. The van der Waals surface area contributed by atoms with E-state index in [9.17, 15) is 0 Å². The molecule has 2 aromatic heterocycles. The summed E-state index contributed by atoms with van der Waals surface area (Å²) in [5, 5.41) is 3.91. The van der Waals surface area contributed by atoms with Crippen LogP contribution >= 0.6 is 0 Å². The monoisotopic (exact) mass is 161 g/mol. The van der Waals surface area contributed by atoms with Crippen molar-refractivity contribution in [2.24, 2.45) is 0 Å². The predicted molar refractivity (Wildman–Crippen MR) is 43.6 cm³/mol. The molecular weight excluding hydrogens is 154 g/mol. The van der Waals surface area contributed by atoms with Crippen LogP contribution in [-0.4, -0.2) is 19.7 Å². The van der Waals surface area contributed by atoms with Gasteiger partial charge in [0.15, 0.2) is 5.82 Å². The first kappa shape index (κ1) is 6.78. The highest BCUT2D eigenvalue weighted by Gasteiger charge is 2.00. The number of aromatic nitrogens is 4. The largest absolute Gasteiger partial charge is 0.396 e. The number of nitrogens with zero attached hydrogens (tertiary/aromatic N) is 4. The number of hydrogen-bond acceptors (Lipinski definition) is 4. The van der Waals surface area contributed by atoms with E-state index in [2.05, 4.69) is 15.1 Å². The molecule has 0 bridgehead atoms. The van der Waals surface area contributed by atoms with E-state index in [0.29, 0.717) is 11.5 Å². The van der Waals surface area contributed by atoms with Gasteiger partial charge in [0, 0.05) is 6.20 Å². The molecule has 0 unspecified atom stereocenters. The van der Waals surface area contributed by atoms with Gasteiger partial charge >= 0.3 is 0 Å². The van der Waals surface area contributed by atoms with Crippen LogP contribution in [0.3, 0.4) is 0 Å². The summed E-state index contributed by atoms with van der Waals surface area (Å²) in [7, 11) is 0. The van der Waals surface area contributed by atoms with Crippen molar-refractivity contribution >= 4 is 5.69 Å². The highest BCUT2D eigenvalue weighted by molar-refractivity contribution is 5.51. The molecule has 2 heterocycles. The third-order valence-corrected chi connectivity index (χ3v) is 1.45. The molecule has 0 saturated carbocycles. The van der Waals surface area contributed by atoms with Crippen LogP contribution in [0.2, 0.25) is 0 Å². The second-order valence-electron chi connectivity index (χ2n) is 2.26.